The third-order valence-corrected chi connectivity index (χ3v) is 6.67. The Balaban J connectivity index is 0. The lowest BCUT2D eigenvalue weighted by atomic mass is 10.1. The Morgan fingerprint density at radius 3 is 1.08 bits per heavy atom. The van der Waals surface area contributed by atoms with Crippen molar-refractivity contribution in [2.75, 3.05) is 6.61 Å². The zero-order valence-electron chi connectivity index (χ0n) is 18.9. The standard InChI is InChI=1S/C8H18O.2C8H17.Al/c1-2-3-4-5-6-7-8-9;2*1-3-5-7-8-6-4-2;/h9H,2-8H2,1H3;2*1,3-8H2,2H3;. The van der Waals surface area contributed by atoms with Gasteiger partial charge in [-0.05, 0) is 6.42 Å². The summed E-state index contributed by atoms with van der Waals surface area (Å²) in [5.41, 5.74) is 0. The normalized spacial score (nSPS) is 10.5. The third kappa shape index (κ3) is 32.2. The highest BCUT2D eigenvalue weighted by atomic mass is 27.1. The summed E-state index contributed by atoms with van der Waals surface area (Å²) in [6.07, 6.45) is 25.1. The molecule has 0 fully saturated rings. The molecule has 0 saturated heterocycles. The van der Waals surface area contributed by atoms with Crippen LogP contribution in [0.15, 0.2) is 0 Å². The highest BCUT2D eigenvalue weighted by molar-refractivity contribution is 6.35. The van der Waals surface area contributed by atoms with Gasteiger partial charge < -0.3 is 5.11 Å². The van der Waals surface area contributed by atoms with Gasteiger partial charge in [-0.1, -0.05) is 130 Å². The van der Waals surface area contributed by atoms with Crippen LogP contribution in [0.1, 0.15) is 136 Å². The maximum absolute atomic E-state index is 8.42. The second-order valence-corrected chi connectivity index (χ2v) is 9.62. The van der Waals surface area contributed by atoms with Gasteiger partial charge in [-0.15, -0.1) is 10.6 Å². The minimum absolute atomic E-state index is 0.367. The van der Waals surface area contributed by atoms with Gasteiger partial charge in [0.05, 0.1) is 0 Å². The van der Waals surface area contributed by atoms with E-state index >= 15 is 0 Å². The van der Waals surface area contributed by atoms with Crippen molar-refractivity contribution in [3.8, 4) is 0 Å². The van der Waals surface area contributed by atoms with Crippen molar-refractivity contribution in [1.29, 1.82) is 0 Å². The second-order valence-electron chi connectivity index (χ2n) is 7.89. The van der Waals surface area contributed by atoms with Crippen LogP contribution in [0.5, 0.6) is 0 Å². The lowest BCUT2D eigenvalue weighted by molar-refractivity contribution is 0.282. The molecule has 0 aliphatic heterocycles. The largest absolute Gasteiger partial charge is 0.396 e. The Morgan fingerprint density at radius 2 is 0.731 bits per heavy atom. The first-order chi connectivity index (χ1) is 12.8. The summed E-state index contributed by atoms with van der Waals surface area (Å²) in [6, 6.07) is 0. The fourth-order valence-electron chi connectivity index (χ4n) is 3.17. The minimum Gasteiger partial charge on any atom is -0.396 e. The van der Waals surface area contributed by atoms with Gasteiger partial charge >= 0.3 is 0 Å². The molecule has 0 aliphatic carbocycles. The van der Waals surface area contributed by atoms with Crippen molar-refractivity contribution in [2.24, 2.45) is 0 Å². The summed E-state index contributed by atoms with van der Waals surface area (Å²) in [4.78, 5) is 0. The third-order valence-electron chi connectivity index (χ3n) is 5.04. The van der Waals surface area contributed by atoms with Crippen molar-refractivity contribution < 1.29 is 5.11 Å². The van der Waals surface area contributed by atoms with Crippen molar-refractivity contribution in [2.45, 2.75) is 147 Å². The molecule has 0 amide bonds. The molecule has 0 aliphatic rings. The quantitative estimate of drug-likeness (QED) is 0.165. The highest BCUT2D eigenvalue weighted by Gasteiger charge is 1.95. The molecule has 0 spiro atoms. The predicted molar refractivity (Wildman–Crippen MR) is 123 cm³/mol. The Bertz CT molecular complexity index is 188. The van der Waals surface area contributed by atoms with Gasteiger partial charge in [0.15, 0.2) is 15.2 Å². The van der Waals surface area contributed by atoms with E-state index in [4.69, 9.17) is 5.11 Å². The average Bonchev–Trinajstić information content (AvgIpc) is 2.66. The van der Waals surface area contributed by atoms with E-state index in [1.54, 1.807) is 10.6 Å². The zero-order valence-corrected chi connectivity index (χ0v) is 20.0. The van der Waals surface area contributed by atoms with Crippen LogP contribution >= 0.6 is 0 Å². The van der Waals surface area contributed by atoms with Crippen LogP contribution in [0.4, 0.5) is 0 Å². The summed E-state index contributed by atoms with van der Waals surface area (Å²) < 4.78 is 0. The lowest BCUT2D eigenvalue weighted by Crippen LogP contribution is -1.90. The van der Waals surface area contributed by atoms with Crippen LogP contribution in [-0.4, -0.2) is 26.9 Å². The van der Waals surface area contributed by atoms with Gasteiger partial charge in [0.2, 0.25) is 0 Å². The molecule has 1 N–H and O–H groups in total. The number of aliphatic hydroxyl groups excluding tert-OH is 1. The van der Waals surface area contributed by atoms with Gasteiger partial charge in [-0.2, -0.15) is 0 Å². The first kappa shape index (κ1) is 28.7. The topological polar surface area (TPSA) is 20.2 Å². The monoisotopic (exact) mass is 383 g/mol. The maximum atomic E-state index is 8.42. The zero-order chi connectivity index (χ0) is 19.6. The molecule has 1 radical (unpaired) electrons. The number of rotatable bonds is 20. The summed E-state index contributed by atoms with van der Waals surface area (Å²) in [6.45, 7) is 7.17. The smallest absolute Gasteiger partial charge is 0.199 e. The molecular formula is C24H52AlO. The van der Waals surface area contributed by atoms with Crippen LogP contribution in [0, 0.1) is 0 Å². The second kappa shape index (κ2) is 30.2. The van der Waals surface area contributed by atoms with Gasteiger partial charge in [0.1, 0.15) is 0 Å². The molecule has 157 valence electrons. The highest BCUT2D eigenvalue weighted by Crippen LogP contribution is 2.10. The number of hydrogen-bond acceptors (Lipinski definition) is 1. The molecular weight excluding hydrogens is 331 g/mol. The van der Waals surface area contributed by atoms with Crippen LogP contribution in [0.25, 0.3) is 0 Å². The van der Waals surface area contributed by atoms with Gasteiger partial charge in [0.25, 0.3) is 0 Å². The average molecular weight is 384 g/mol. The Labute approximate surface area is 173 Å². The predicted octanol–water partition coefficient (Wildman–Crippen LogP) is 8.59. The fourth-order valence-corrected chi connectivity index (χ4v) is 4.62. The molecule has 0 aromatic rings. The van der Waals surface area contributed by atoms with Crippen LogP contribution in [0.2, 0.25) is 10.6 Å². The summed E-state index contributed by atoms with van der Waals surface area (Å²) in [5, 5.41) is 11.6. The molecule has 0 heterocycles. The number of unbranched alkanes of at least 4 members (excludes halogenated alkanes) is 15. The van der Waals surface area contributed by atoms with E-state index < -0.39 is 0 Å². The molecule has 1 nitrogen and oxygen atoms in total. The van der Waals surface area contributed by atoms with Gasteiger partial charge in [0, 0.05) is 6.61 Å². The molecule has 0 saturated carbocycles. The Kier molecular flexibility index (Phi) is 33.4. The first-order valence-electron chi connectivity index (χ1n) is 12.3. The van der Waals surface area contributed by atoms with E-state index in [1.807, 2.05) is 0 Å². The molecule has 0 unspecified atom stereocenters. The maximum Gasteiger partial charge on any atom is 0.199 e. The minimum atomic E-state index is 0.367. The molecule has 0 aromatic heterocycles. The fraction of sp³-hybridized carbons (Fsp3) is 1.00. The summed E-state index contributed by atoms with van der Waals surface area (Å²) in [5.74, 6) is 0. The Morgan fingerprint density at radius 1 is 0.423 bits per heavy atom. The number of aliphatic hydroxyl groups is 1. The van der Waals surface area contributed by atoms with Crippen LogP contribution in [-0.2, 0) is 0 Å². The van der Waals surface area contributed by atoms with Crippen molar-refractivity contribution in [3.63, 3.8) is 0 Å². The molecule has 0 atom stereocenters. The molecule has 26 heavy (non-hydrogen) atoms. The van der Waals surface area contributed by atoms with Crippen molar-refractivity contribution in [3.05, 3.63) is 0 Å². The summed E-state index contributed by atoms with van der Waals surface area (Å²) >= 11 is 0.794. The lowest BCUT2D eigenvalue weighted by Gasteiger charge is -2.01. The van der Waals surface area contributed by atoms with E-state index in [1.165, 1.54) is 109 Å². The Hall–Kier alpha value is 0.492. The van der Waals surface area contributed by atoms with Crippen molar-refractivity contribution in [1.82, 2.24) is 0 Å². The van der Waals surface area contributed by atoms with E-state index in [9.17, 15) is 0 Å². The van der Waals surface area contributed by atoms with E-state index in [0.29, 0.717) is 6.61 Å². The SMILES string of the molecule is CCCCCCCCO.CCCCCCC[CH2][Al][CH2]CCCCCCC. The molecule has 0 aromatic carbocycles. The first-order valence-corrected chi connectivity index (χ1v) is 13.9. The summed E-state index contributed by atoms with van der Waals surface area (Å²) in [7, 11) is 0. The van der Waals surface area contributed by atoms with Gasteiger partial charge in [-0.3, -0.25) is 0 Å². The van der Waals surface area contributed by atoms with E-state index in [0.717, 1.165) is 21.6 Å². The molecule has 0 rings (SSSR count). The van der Waals surface area contributed by atoms with Gasteiger partial charge in [-0.25, -0.2) is 0 Å². The van der Waals surface area contributed by atoms with Crippen molar-refractivity contribution >= 4 is 15.2 Å². The van der Waals surface area contributed by atoms with E-state index in [-0.39, 0.29) is 0 Å². The molecule has 0 bridgehead atoms. The van der Waals surface area contributed by atoms with Crippen LogP contribution < -0.4 is 0 Å². The van der Waals surface area contributed by atoms with E-state index in [2.05, 4.69) is 20.8 Å². The van der Waals surface area contributed by atoms with Crippen LogP contribution in [0.3, 0.4) is 0 Å². The number of hydrogen-bond donors (Lipinski definition) is 1. The molecule has 2 heteroatoms.